The SMILES string of the molecule is CCNc1cc2c(cc1C)nc1c(=O)[nH]c(=O)nc-1n2CCCCCCC(=O)OC(C)(C)C. The van der Waals surface area contributed by atoms with Gasteiger partial charge in [-0.2, -0.15) is 4.98 Å². The Kier molecular flexibility index (Phi) is 7.50. The fraction of sp³-hybridized carbons (Fsp3) is 0.542. The molecule has 0 saturated heterocycles. The molecule has 0 amide bonds. The number of nitrogens with one attached hydrogen (secondary N) is 2. The number of esters is 1. The van der Waals surface area contributed by atoms with Gasteiger partial charge in [0, 0.05) is 25.2 Å². The zero-order valence-electron chi connectivity index (χ0n) is 20.1. The molecular weight excluding hydrogens is 422 g/mol. The smallest absolute Gasteiger partial charge is 0.349 e. The number of unbranched alkanes of at least 4 members (excludes halogenated alkanes) is 3. The minimum Gasteiger partial charge on any atom is -0.460 e. The number of carbonyl (C=O) groups is 1. The van der Waals surface area contributed by atoms with Gasteiger partial charge in [0.25, 0.3) is 5.56 Å². The molecule has 9 heteroatoms. The van der Waals surface area contributed by atoms with Crippen LogP contribution in [0.4, 0.5) is 5.69 Å². The van der Waals surface area contributed by atoms with E-state index < -0.39 is 16.9 Å². The lowest BCUT2D eigenvalue weighted by Gasteiger charge is -2.19. The van der Waals surface area contributed by atoms with E-state index >= 15 is 0 Å². The summed E-state index contributed by atoms with van der Waals surface area (Å²) in [5.74, 6) is 0.108. The maximum atomic E-state index is 12.4. The zero-order chi connectivity index (χ0) is 24.2. The number of H-pyrrole nitrogens is 1. The van der Waals surface area contributed by atoms with Crippen LogP contribution in [0.1, 0.15) is 65.4 Å². The van der Waals surface area contributed by atoms with Gasteiger partial charge >= 0.3 is 11.7 Å². The standard InChI is InChI=1S/C24H33N5O4/c1-6-25-16-14-18-17(13-15(16)2)26-20-21(27-23(32)28-22(20)31)29(18)12-10-8-7-9-11-19(30)33-24(3,4)5/h13-14,25H,6-12H2,1-5H3,(H,28,31,32). The van der Waals surface area contributed by atoms with Gasteiger partial charge in [-0.25, -0.2) is 9.78 Å². The molecule has 2 heterocycles. The summed E-state index contributed by atoms with van der Waals surface area (Å²) in [6.45, 7) is 10.9. The molecule has 1 aromatic rings. The van der Waals surface area contributed by atoms with Crippen molar-refractivity contribution in [3.63, 3.8) is 0 Å². The summed E-state index contributed by atoms with van der Waals surface area (Å²) in [7, 11) is 0. The summed E-state index contributed by atoms with van der Waals surface area (Å²) in [4.78, 5) is 47.0. The summed E-state index contributed by atoms with van der Waals surface area (Å²) in [5.41, 5.74) is 1.96. The molecule has 0 unspecified atom stereocenters. The quantitative estimate of drug-likeness (QED) is 0.287. The van der Waals surface area contributed by atoms with E-state index in [2.05, 4.69) is 20.3 Å². The number of hydrogen-bond donors (Lipinski definition) is 2. The Morgan fingerprint density at radius 3 is 2.55 bits per heavy atom. The summed E-state index contributed by atoms with van der Waals surface area (Å²) < 4.78 is 7.25. The number of rotatable bonds is 9. The highest BCUT2D eigenvalue weighted by Crippen LogP contribution is 2.27. The number of aromatic nitrogens is 4. The fourth-order valence-electron chi connectivity index (χ4n) is 3.84. The van der Waals surface area contributed by atoms with Crippen molar-refractivity contribution in [1.82, 2.24) is 19.5 Å². The Bertz CT molecular complexity index is 1220. The second-order valence-electron chi connectivity index (χ2n) is 9.24. The normalized spacial score (nSPS) is 11.8. The van der Waals surface area contributed by atoms with E-state index in [-0.39, 0.29) is 17.5 Å². The number of benzene rings is 1. The highest BCUT2D eigenvalue weighted by molar-refractivity contribution is 5.84. The molecule has 2 aliphatic rings. The van der Waals surface area contributed by atoms with Crippen LogP contribution in [0, 0.1) is 6.92 Å². The topological polar surface area (TPSA) is 119 Å². The first-order chi connectivity index (χ1) is 15.6. The van der Waals surface area contributed by atoms with Crippen LogP contribution in [0.25, 0.3) is 22.6 Å². The molecule has 178 valence electrons. The molecule has 0 fully saturated rings. The van der Waals surface area contributed by atoms with Crippen molar-refractivity contribution in [2.45, 2.75) is 78.9 Å². The van der Waals surface area contributed by atoms with Crippen LogP contribution in [0.5, 0.6) is 0 Å². The molecule has 2 aliphatic heterocycles. The first kappa shape index (κ1) is 24.4. The Morgan fingerprint density at radius 1 is 1.12 bits per heavy atom. The third-order valence-corrected chi connectivity index (χ3v) is 5.25. The average Bonchev–Trinajstić information content (AvgIpc) is 2.70. The molecule has 0 aliphatic carbocycles. The number of aryl methyl sites for hydroxylation is 2. The predicted molar refractivity (Wildman–Crippen MR) is 129 cm³/mol. The lowest BCUT2D eigenvalue weighted by Crippen LogP contribution is -2.29. The zero-order valence-corrected chi connectivity index (χ0v) is 20.1. The molecule has 1 aromatic carbocycles. The highest BCUT2D eigenvalue weighted by Gasteiger charge is 2.19. The number of hydrogen-bond acceptors (Lipinski definition) is 7. The number of carbonyl (C=O) groups excluding carboxylic acids is 1. The first-order valence-corrected chi connectivity index (χ1v) is 11.5. The Balaban J connectivity index is 1.81. The maximum Gasteiger partial charge on any atom is 0.349 e. The average molecular weight is 456 g/mol. The van der Waals surface area contributed by atoms with Gasteiger partial charge in [0.15, 0.2) is 11.5 Å². The second-order valence-corrected chi connectivity index (χ2v) is 9.24. The van der Waals surface area contributed by atoms with Crippen molar-refractivity contribution >= 4 is 22.7 Å². The van der Waals surface area contributed by atoms with Crippen LogP contribution >= 0.6 is 0 Å². The van der Waals surface area contributed by atoms with Gasteiger partial charge < -0.3 is 14.6 Å². The monoisotopic (exact) mass is 455 g/mol. The van der Waals surface area contributed by atoms with E-state index in [1.807, 2.05) is 51.3 Å². The molecule has 0 atom stereocenters. The van der Waals surface area contributed by atoms with Gasteiger partial charge in [0.1, 0.15) is 5.60 Å². The molecule has 33 heavy (non-hydrogen) atoms. The van der Waals surface area contributed by atoms with Gasteiger partial charge in [-0.15, -0.1) is 0 Å². The number of fused-ring (bicyclic) bond motifs is 2. The van der Waals surface area contributed by atoms with Crippen LogP contribution < -0.4 is 16.6 Å². The van der Waals surface area contributed by atoms with Gasteiger partial charge in [-0.05, 0) is 65.2 Å². The summed E-state index contributed by atoms with van der Waals surface area (Å²) in [5, 5.41) is 3.34. The molecule has 0 radical (unpaired) electrons. The predicted octanol–water partition coefficient (Wildman–Crippen LogP) is 3.62. The van der Waals surface area contributed by atoms with Crippen molar-refractivity contribution in [3.8, 4) is 11.5 Å². The minimum atomic E-state index is -0.682. The van der Waals surface area contributed by atoms with E-state index in [0.717, 1.165) is 49.0 Å². The lowest BCUT2D eigenvalue weighted by molar-refractivity contribution is -0.154. The Labute approximate surface area is 192 Å². The number of ether oxygens (including phenoxy) is 1. The van der Waals surface area contributed by atoms with Crippen LogP contribution in [0.2, 0.25) is 0 Å². The van der Waals surface area contributed by atoms with Crippen molar-refractivity contribution < 1.29 is 9.53 Å². The van der Waals surface area contributed by atoms with Crippen LogP contribution in [-0.4, -0.2) is 37.6 Å². The number of nitrogens with zero attached hydrogens (tertiary/aromatic N) is 3. The van der Waals surface area contributed by atoms with E-state index in [0.29, 0.717) is 18.5 Å². The van der Waals surface area contributed by atoms with Crippen molar-refractivity contribution in [1.29, 1.82) is 0 Å². The molecule has 0 aromatic heterocycles. The summed E-state index contributed by atoms with van der Waals surface area (Å²) in [6, 6.07) is 3.94. The molecule has 0 spiro atoms. The summed E-state index contributed by atoms with van der Waals surface area (Å²) in [6.07, 6.45) is 3.72. The number of anilines is 1. The van der Waals surface area contributed by atoms with Crippen molar-refractivity contribution in [2.75, 3.05) is 11.9 Å². The molecule has 0 bridgehead atoms. The van der Waals surface area contributed by atoms with Gasteiger partial charge in [0.2, 0.25) is 0 Å². The van der Waals surface area contributed by atoms with Crippen LogP contribution in [-0.2, 0) is 16.1 Å². The second kappa shape index (κ2) is 10.1. The van der Waals surface area contributed by atoms with Crippen LogP contribution in [0.15, 0.2) is 21.7 Å². The Hall–Kier alpha value is -3.23. The maximum absolute atomic E-state index is 12.4. The van der Waals surface area contributed by atoms with E-state index in [1.54, 1.807) is 0 Å². The highest BCUT2D eigenvalue weighted by atomic mass is 16.6. The molecule has 9 nitrogen and oxygen atoms in total. The van der Waals surface area contributed by atoms with E-state index in [9.17, 15) is 14.4 Å². The third kappa shape index (κ3) is 6.18. The van der Waals surface area contributed by atoms with Crippen molar-refractivity contribution in [2.24, 2.45) is 0 Å². The first-order valence-electron chi connectivity index (χ1n) is 11.5. The van der Waals surface area contributed by atoms with E-state index in [1.165, 1.54) is 0 Å². The molecule has 0 saturated carbocycles. The Morgan fingerprint density at radius 2 is 1.85 bits per heavy atom. The third-order valence-electron chi connectivity index (χ3n) is 5.25. The molecule has 3 rings (SSSR count). The molecular formula is C24H33N5O4. The minimum absolute atomic E-state index is 0.155. The van der Waals surface area contributed by atoms with Gasteiger partial charge in [-0.1, -0.05) is 12.8 Å². The fourth-order valence-corrected chi connectivity index (χ4v) is 3.84. The molecule has 2 N–H and O–H groups in total. The lowest BCUT2D eigenvalue weighted by atomic mass is 10.1. The van der Waals surface area contributed by atoms with E-state index in [4.69, 9.17) is 4.74 Å². The largest absolute Gasteiger partial charge is 0.460 e. The number of aromatic amines is 1. The van der Waals surface area contributed by atoms with Gasteiger partial charge in [-0.3, -0.25) is 14.6 Å². The van der Waals surface area contributed by atoms with Gasteiger partial charge in [0.05, 0.1) is 11.0 Å². The van der Waals surface area contributed by atoms with Crippen molar-refractivity contribution in [3.05, 3.63) is 38.5 Å². The summed E-state index contributed by atoms with van der Waals surface area (Å²) >= 11 is 0. The van der Waals surface area contributed by atoms with Crippen LogP contribution in [0.3, 0.4) is 0 Å².